The lowest BCUT2D eigenvalue weighted by Gasteiger charge is -1.96. The van der Waals surface area contributed by atoms with Crippen LogP contribution in [0.25, 0.3) is 11.4 Å². The Morgan fingerprint density at radius 3 is 2.76 bits per heavy atom. The molecule has 86 valence electrons. The molecular weight excluding hydrogens is 234 g/mol. The standard InChI is InChI=1S/C12H11N3OS/c1-17-10-6-4-9(5-7-10)12-14-11(16-15-12)3-2-8-13/h4-7H,2-3H2,1H3. The number of nitrogens with zero attached hydrogens (tertiary/aromatic N) is 3. The van der Waals surface area contributed by atoms with Crippen LogP contribution in [-0.2, 0) is 6.42 Å². The normalized spacial score (nSPS) is 10.1. The monoisotopic (exact) mass is 245 g/mol. The van der Waals surface area contributed by atoms with Gasteiger partial charge in [0.15, 0.2) is 0 Å². The molecule has 0 fully saturated rings. The van der Waals surface area contributed by atoms with E-state index >= 15 is 0 Å². The van der Waals surface area contributed by atoms with Gasteiger partial charge in [-0.2, -0.15) is 10.2 Å². The lowest BCUT2D eigenvalue weighted by molar-refractivity contribution is 0.380. The molecule has 1 aromatic heterocycles. The molecule has 0 spiro atoms. The van der Waals surface area contributed by atoms with Crippen LogP contribution in [0.1, 0.15) is 12.3 Å². The molecule has 0 aliphatic carbocycles. The van der Waals surface area contributed by atoms with Crippen molar-refractivity contribution in [1.82, 2.24) is 10.1 Å². The Balaban J connectivity index is 2.16. The van der Waals surface area contributed by atoms with Gasteiger partial charge in [0.2, 0.25) is 11.7 Å². The molecule has 0 unspecified atom stereocenters. The molecule has 0 N–H and O–H groups in total. The second kappa shape index (κ2) is 5.51. The Morgan fingerprint density at radius 2 is 2.12 bits per heavy atom. The van der Waals surface area contributed by atoms with Gasteiger partial charge in [-0.25, -0.2) is 0 Å². The summed E-state index contributed by atoms with van der Waals surface area (Å²) in [6.45, 7) is 0. The maximum absolute atomic E-state index is 8.47. The van der Waals surface area contributed by atoms with Gasteiger partial charge in [0.05, 0.1) is 6.07 Å². The van der Waals surface area contributed by atoms with E-state index in [0.29, 0.717) is 24.6 Å². The first-order valence-corrected chi connectivity index (χ1v) is 6.40. The van der Waals surface area contributed by atoms with Crippen molar-refractivity contribution in [1.29, 1.82) is 5.26 Å². The molecule has 2 rings (SSSR count). The molecule has 17 heavy (non-hydrogen) atoms. The van der Waals surface area contributed by atoms with Crippen LogP contribution in [0, 0.1) is 11.3 Å². The minimum atomic E-state index is 0.396. The number of aromatic nitrogens is 2. The smallest absolute Gasteiger partial charge is 0.227 e. The average molecular weight is 245 g/mol. The third kappa shape index (κ3) is 2.86. The molecule has 4 nitrogen and oxygen atoms in total. The third-order valence-corrected chi connectivity index (χ3v) is 3.01. The van der Waals surface area contributed by atoms with Crippen molar-refractivity contribution in [2.75, 3.05) is 6.26 Å². The molecule has 0 saturated carbocycles. The number of thioether (sulfide) groups is 1. The van der Waals surface area contributed by atoms with Crippen LogP contribution in [0.4, 0.5) is 0 Å². The van der Waals surface area contributed by atoms with E-state index < -0.39 is 0 Å². The number of hydrogen-bond acceptors (Lipinski definition) is 5. The predicted octanol–water partition coefficient (Wildman–Crippen LogP) is 2.91. The lowest BCUT2D eigenvalue weighted by atomic mass is 10.2. The number of hydrogen-bond donors (Lipinski definition) is 0. The van der Waals surface area contributed by atoms with Gasteiger partial charge in [-0.05, 0) is 30.5 Å². The maximum atomic E-state index is 8.47. The van der Waals surface area contributed by atoms with Crippen LogP contribution in [0.5, 0.6) is 0 Å². The molecule has 1 aromatic carbocycles. The van der Waals surface area contributed by atoms with Gasteiger partial charge < -0.3 is 4.52 Å². The maximum Gasteiger partial charge on any atom is 0.227 e. The quantitative estimate of drug-likeness (QED) is 0.775. The van der Waals surface area contributed by atoms with Crippen molar-refractivity contribution >= 4 is 11.8 Å². The average Bonchev–Trinajstić information content (AvgIpc) is 2.85. The summed E-state index contributed by atoms with van der Waals surface area (Å²) in [6.07, 6.45) is 2.93. The van der Waals surface area contributed by atoms with Crippen molar-refractivity contribution in [2.24, 2.45) is 0 Å². The van der Waals surface area contributed by atoms with E-state index in [2.05, 4.69) is 10.1 Å². The van der Waals surface area contributed by atoms with Crippen molar-refractivity contribution < 1.29 is 4.52 Å². The number of rotatable bonds is 4. The molecule has 0 aliphatic rings. The fraction of sp³-hybridized carbons (Fsp3) is 0.250. The molecule has 0 atom stereocenters. The number of aryl methyl sites for hydroxylation is 1. The van der Waals surface area contributed by atoms with Crippen molar-refractivity contribution in [3.05, 3.63) is 30.2 Å². The summed E-state index contributed by atoms with van der Waals surface area (Å²) >= 11 is 1.69. The van der Waals surface area contributed by atoms with E-state index in [1.807, 2.05) is 36.6 Å². The SMILES string of the molecule is CSc1ccc(-c2noc(CCC#N)n2)cc1. The largest absolute Gasteiger partial charge is 0.339 e. The Kier molecular flexibility index (Phi) is 3.78. The second-order valence-electron chi connectivity index (χ2n) is 3.40. The first-order valence-electron chi connectivity index (χ1n) is 5.17. The highest BCUT2D eigenvalue weighted by molar-refractivity contribution is 7.98. The Bertz CT molecular complexity index is 527. The first-order chi connectivity index (χ1) is 8.33. The molecule has 5 heteroatoms. The summed E-state index contributed by atoms with van der Waals surface area (Å²) in [6, 6.07) is 10.0. The Labute approximate surface area is 104 Å². The topological polar surface area (TPSA) is 62.7 Å². The van der Waals surface area contributed by atoms with E-state index in [1.54, 1.807) is 11.8 Å². The van der Waals surface area contributed by atoms with Crippen LogP contribution in [-0.4, -0.2) is 16.4 Å². The van der Waals surface area contributed by atoms with E-state index in [0.717, 1.165) is 5.56 Å². The van der Waals surface area contributed by atoms with E-state index in [1.165, 1.54) is 4.90 Å². The van der Waals surface area contributed by atoms with Gasteiger partial charge in [0, 0.05) is 23.3 Å². The highest BCUT2D eigenvalue weighted by atomic mass is 32.2. The lowest BCUT2D eigenvalue weighted by Crippen LogP contribution is -1.84. The highest BCUT2D eigenvalue weighted by Crippen LogP contribution is 2.20. The van der Waals surface area contributed by atoms with Crippen molar-refractivity contribution in [3.63, 3.8) is 0 Å². The zero-order valence-electron chi connectivity index (χ0n) is 9.38. The molecule has 2 aromatic rings. The van der Waals surface area contributed by atoms with E-state index in [4.69, 9.17) is 9.78 Å². The molecule has 0 radical (unpaired) electrons. The molecular formula is C12H11N3OS. The van der Waals surface area contributed by atoms with Crippen molar-refractivity contribution in [2.45, 2.75) is 17.7 Å². The summed E-state index contributed by atoms with van der Waals surface area (Å²) < 4.78 is 5.06. The second-order valence-corrected chi connectivity index (χ2v) is 4.28. The third-order valence-electron chi connectivity index (χ3n) is 2.27. The minimum absolute atomic E-state index is 0.396. The summed E-state index contributed by atoms with van der Waals surface area (Å²) in [5.41, 5.74) is 0.926. The van der Waals surface area contributed by atoms with Crippen molar-refractivity contribution in [3.8, 4) is 17.5 Å². The highest BCUT2D eigenvalue weighted by Gasteiger charge is 2.07. The van der Waals surface area contributed by atoms with Gasteiger partial charge in [-0.3, -0.25) is 0 Å². The predicted molar refractivity (Wildman–Crippen MR) is 65.4 cm³/mol. The molecule has 0 aliphatic heterocycles. The molecule has 0 saturated heterocycles. The first kappa shape index (κ1) is 11.7. The van der Waals surface area contributed by atoms with Gasteiger partial charge in [0.25, 0.3) is 0 Å². The molecule has 0 bridgehead atoms. The summed E-state index contributed by atoms with van der Waals surface area (Å²) in [5, 5.41) is 12.4. The minimum Gasteiger partial charge on any atom is -0.339 e. The van der Waals surface area contributed by atoms with E-state index in [9.17, 15) is 0 Å². The van der Waals surface area contributed by atoms with Crippen LogP contribution in [0.3, 0.4) is 0 Å². The summed E-state index contributed by atoms with van der Waals surface area (Å²) in [7, 11) is 0. The fourth-order valence-electron chi connectivity index (χ4n) is 1.38. The number of benzene rings is 1. The van der Waals surface area contributed by atoms with Crippen LogP contribution in [0.15, 0.2) is 33.7 Å². The van der Waals surface area contributed by atoms with Gasteiger partial charge in [-0.15, -0.1) is 11.8 Å². The van der Waals surface area contributed by atoms with E-state index in [-0.39, 0.29) is 0 Å². The summed E-state index contributed by atoms with van der Waals surface area (Å²) in [5.74, 6) is 1.08. The summed E-state index contributed by atoms with van der Waals surface area (Å²) in [4.78, 5) is 5.43. The van der Waals surface area contributed by atoms with Crippen LogP contribution in [0.2, 0.25) is 0 Å². The molecule has 0 amide bonds. The Hall–Kier alpha value is -1.80. The fourth-order valence-corrected chi connectivity index (χ4v) is 1.78. The van der Waals surface area contributed by atoms with Gasteiger partial charge >= 0.3 is 0 Å². The Morgan fingerprint density at radius 1 is 1.35 bits per heavy atom. The zero-order chi connectivity index (χ0) is 12.1. The zero-order valence-corrected chi connectivity index (χ0v) is 10.2. The molecule has 1 heterocycles. The van der Waals surface area contributed by atoms with Gasteiger partial charge in [-0.1, -0.05) is 5.16 Å². The van der Waals surface area contributed by atoms with Crippen LogP contribution >= 0.6 is 11.8 Å². The number of nitriles is 1. The van der Waals surface area contributed by atoms with Gasteiger partial charge in [0.1, 0.15) is 0 Å². The van der Waals surface area contributed by atoms with Crippen LogP contribution < -0.4 is 0 Å².